The predicted octanol–water partition coefficient (Wildman–Crippen LogP) is 2.89. The highest BCUT2D eigenvalue weighted by Crippen LogP contribution is 2.08. The Morgan fingerprint density at radius 2 is 1.70 bits per heavy atom. The highest BCUT2D eigenvalue weighted by Gasteiger charge is 2.17. The normalized spacial score (nSPS) is 12.2. The van der Waals surface area contributed by atoms with Gasteiger partial charge < -0.3 is 4.74 Å². The minimum absolute atomic E-state index is 0.318. The SMILES string of the molecule is COC(=O)C(Cc1ccccc1)/N=C/c1ccccc1. The Kier molecular flexibility index (Phi) is 5.07. The van der Waals surface area contributed by atoms with Crippen molar-refractivity contribution in [1.29, 1.82) is 0 Å². The number of nitrogens with zero attached hydrogens (tertiary/aromatic N) is 1. The molecule has 0 aliphatic rings. The molecular formula is C17H17NO2. The highest BCUT2D eigenvalue weighted by molar-refractivity contribution is 5.84. The van der Waals surface area contributed by atoms with Gasteiger partial charge in [-0.3, -0.25) is 4.99 Å². The fraction of sp³-hybridized carbons (Fsp3) is 0.176. The molecular weight excluding hydrogens is 250 g/mol. The monoisotopic (exact) mass is 267 g/mol. The molecule has 0 saturated heterocycles. The summed E-state index contributed by atoms with van der Waals surface area (Å²) in [6.45, 7) is 0. The number of hydrogen-bond donors (Lipinski definition) is 0. The van der Waals surface area contributed by atoms with Crippen LogP contribution in [0.2, 0.25) is 0 Å². The summed E-state index contributed by atoms with van der Waals surface area (Å²) in [7, 11) is 1.39. The van der Waals surface area contributed by atoms with Gasteiger partial charge in [-0.1, -0.05) is 60.7 Å². The van der Waals surface area contributed by atoms with Crippen LogP contribution in [0.1, 0.15) is 11.1 Å². The summed E-state index contributed by atoms with van der Waals surface area (Å²) in [6, 6.07) is 19.0. The van der Waals surface area contributed by atoms with Crippen molar-refractivity contribution in [2.45, 2.75) is 12.5 Å². The van der Waals surface area contributed by atoms with Crippen LogP contribution in [0.4, 0.5) is 0 Å². The average Bonchev–Trinajstić information content (AvgIpc) is 2.52. The number of hydrogen-bond acceptors (Lipinski definition) is 3. The van der Waals surface area contributed by atoms with Gasteiger partial charge in [0.2, 0.25) is 0 Å². The molecule has 0 aromatic heterocycles. The van der Waals surface area contributed by atoms with E-state index in [1.807, 2.05) is 60.7 Å². The molecule has 2 rings (SSSR count). The van der Waals surface area contributed by atoms with Crippen LogP contribution in [-0.4, -0.2) is 25.3 Å². The molecule has 102 valence electrons. The number of rotatable bonds is 5. The topological polar surface area (TPSA) is 38.7 Å². The maximum absolute atomic E-state index is 11.8. The summed E-state index contributed by atoms with van der Waals surface area (Å²) in [6.07, 6.45) is 2.25. The van der Waals surface area contributed by atoms with Crippen molar-refractivity contribution in [1.82, 2.24) is 0 Å². The first-order chi connectivity index (χ1) is 9.79. The predicted molar refractivity (Wildman–Crippen MR) is 80.0 cm³/mol. The maximum Gasteiger partial charge on any atom is 0.330 e. The quantitative estimate of drug-likeness (QED) is 0.617. The van der Waals surface area contributed by atoms with Gasteiger partial charge in [0.25, 0.3) is 0 Å². The Morgan fingerprint density at radius 1 is 1.10 bits per heavy atom. The van der Waals surface area contributed by atoms with Crippen LogP contribution in [-0.2, 0) is 16.0 Å². The summed E-state index contributed by atoms with van der Waals surface area (Å²) in [4.78, 5) is 16.2. The third-order valence-electron chi connectivity index (χ3n) is 2.95. The summed E-state index contributed by atoms with van der Waals surface area (Å²) in [5.41, 5.74) is 2.03. The Hall–Kier alpha value is -2.42. The molecule has 1 atom stereocenters. The van der Waals surface area contributed by atoms with E-state index >= 15 is 0 Å². The van der Waals surface area contributed by atoms with Gasteiger partial charge in [0, 0.05) is 12.6 Å². The van der Waals surface area contributed by atoms with Crippen molar-refractivity contribution in [2.24, 2.45) is 4.99 Å². The average molecular weight is 267 g/mol. The fourth-order valence-corrected chi connectivity index (χ4v) is 1.89. The Bertz CT molecular complexity index is 564. The molecule has 0 fully saturated rings. The number of esters is 1. The van der Waals surface area contributed by atoms with Crippen LogP contribution in [0.15, 0.2) is 65.7 Å². The Morgan fingerprint density at radius 3 is 2.30 bits per heavy atom. The third-order valence-corrected chi connectivity index (χ3v) is 2.95. The maximum atomic E-state index is 11.8. The van der Waals surface area contributed by atoms with Crippen LogP contribution in [0.5, 0.6) is 0 Å². The third kappa shape index (κ3) is 4.05. The first-order valence-corrected chi connectivity index (χ1v) is 6.49. The first kappa shape index (κ1) is 14.0. The molecule has 0 radical (unpaired) electrons. The number of ether oxygens (including phenoxy) is 1. The van der Waals surface area contributed by atoms with E-state index in [9.17, 15) is 4.79 Å². The standard InChI is InChI=1S/C17H17NO2/c1-20-17(19)16(12-14-8-4-2-5-9-14)18-13-15-10-6-3-7-11-15/h2-11,13,16H,12H2,1H3/b18-13+. The number of methoxy groups -OCH3 is 1. The van der Waals surface area contributed by atoms with Crippen LogP contribution in [0.3, 0.4) is 0 Å². The molecule has 0 amide bonds. The van der Waals surface area contributed by atoms with Crippen LogP contribution in [0.25, 0.3) is 0 Å². The van der Waals surface area contributed by atoms with Gasteiger partial charge in [-0.25, -0.2) is 4.79 Å². The molecule has 0 aliphatic heterocycles. The second kappa shape index (κ2) is 7.24. The van der Waals surface area contributed by atoms with Crippen LogP contribution < -0.4 is 0 Å². The molecule has 0 spiro atoms. The van der Waals surface area contributed by atoms with Crippen molar-refractivity contribution < 1.29 is 9.53 Å². The smallest absolute Gasteiger partial charge is 0.330 e. The van der Waals surface area contributed by atoms with E-state index in [0.29, 0.717) is 6.42 Å². The second-order valence-corrected chi connectivity index (χ2v) is 4.42. The van der Waals surface area contributed by atoms with Gasteiger partial charge in [0.1, 0.15) is 0 Å². The van der Waals surface area contributed by atoms with E-state index in [1.165, 1.54) is 7.11 Å². The lowest BCUT2D eigenvalue weighted by molar-refractivity contribution is -0.142. The van der Waals surface area contributed by atoms with Crippen LogP contribution >= 0.6 is 0 Å². The number of aliphatic imine (C=N–C) groups is 1. The van der Waals surface area contributed by atoms with Crippen molar-refractivity contribution in [3.05, 3.63) is 71.8 Å². The van der Waals surface area contributed by atoms with E-state index in [4.69, 9.17) is 4.74 Å². The molecule has 0 bridgehead atoms. The van der Waals surface area contributed by atoms with E-state index in [2.05, 4.69) is 4.99 Å². The number of carbonyl (C=O) groups is 1. The van der Waals surface area contributed by atoms with Gasteiger partial charge in [0.15, 0.2) is 6.04 Å². The van der Waals surface area contributed by atoms with Crippen molar-refractivity contribution in [3.8, 4) is 0 Å². The van der Waals surface area contributed by atoms with Gasteiger partial charge in [-0.05, 0) is 11.1 Å². The van der Waals surface area contributed by atoms with Gasteiger partial charge in [-0.2, -0.15) is 0 Å². The molecule has 20 heavy (non-hydrogen) atoms. The minimum atomic E-state index is -0.511. The minimum Gasteiger partial charge on any atom is -0.467 e. The zero-order valence-corrected chi connectivity index (χ0v) is 11.4. The largest absolute Gasteiger partial charge is 0.467 e. The summed E-state index contributed by atoms with van der Waals surface area (Å²) in [5, 5.41) is 0. The van der Waals surface area contributed by atoms with E-state index < -0.39 is 6.04 Å². The molecule has 2 aromatic carbocycles. The van der Waals surface area contributed by atoms with E-state index in [0.717, 1.165) is 11.1 Å². The van der Waals surface area contributed by atoms with Crippen molar-refractivity contribution in [3.63, 3.8) is 0 Å². The Balaban J connectivity index is 2.12. The second-order valence-electron chi connectivity index (χ2n) is 4.42. The zero-order valence-electron chi connectivity index (χ0n) is 11.4. The summed E-state index contributed by atoms with van der Waals surface area (Å²) < 4.78 is 4.82. The molecule has 0 aliphatic carbocycles. The summed E-state index contributed by atoms with van der Waals surface area (Å²) in [5.74, 6) is -0.318. The van der Waals surface area contributed by atoms with Gasteiger partial charge in [-0.15, -0.1) is 0 Å². The van der Waals surface area contributed by atoms with Gasteiger partial charge >= 0.3 is 5.97 Å². The molecule has 3 nitrogen and oxygen atoms in total. The Labute approximate surface area is 118 Å². The molecule has 0 N–H and O–H groups in total. The molecule has 0 heterocycles. The lowest BCUT2D eigenvalue weighted by Crippen LogP contribution is -2.23. The van der Waals surface area contributed by atoms with Gasteiger partial charge in [0.05, 0.1) is 7.11 Å². The lowest BCUT2D eigenvalue weighted by atomic mass is 10.1. The highest BCUT2D eigenvalue weighted by atomic mass is 16.5. The van der Waals surface area contributed by atoms with Crippen molar-refractivity contribution >= 4 is 12.2 Å². The van der Waals surface area contributed by atoms with E-state index in [-0.39, 0.29) is 5.97 Å². The molecule has 0 saturated carbocycles. The van der Waals surface area contributed by atoms with Crippen molar-refractivity contribution in [2.75, 3.05) is 7.11 Å². The molecule has 2 aromatic rings. The zero-order chi connectivity index (χ0) is 14.2. The number of carbonyl (C=O) groups excluding carboxylic acids is 1. The summed E-state index contributed by atoms with van der Waals surface area (Å²) >= 11 is 0. The first-order valence-electron chi connectivity index (χ1n) is 6.49. The van der Waals surface area contributed by atoms with E-state index in [1.54, 1.807) is 6.21 Å². The molecule has 3 heteroatoms. The fourth-order valence-electron chi connectivity index (χ4n) is 1.89. The number of benzene rings is 2. The lowest BCUT2D eigenvalue weighted by Gasteiger charge is -2.10. The molecule has 1 unspecified atom stereocenters. The van der Waals surface area contributed by atoms with Crippen LogP contribution in [0, 0.1) is 0 Å².